The van der Waals surface area contributed by atoms with Crippen LogP contribution in [-0.4, -0.2) is 26.2 Å². The van der Waals surface area contributed by atoms with E-state index in [2.05, 4.69) is 38.3 Å². The lowest BCUT2D eigenvalue weighted by Gasteiger charge is -2.31. The molecule has 0 saturated carbocycles. The van der Waals surface area contributed by atoms with Gasteiger partial charge < -0.3 is 10.6 Å². The lowest BCUT2D eigenvalue weighted by Crippen LogP contribution is -2.48. The van der Waals surface area contributed by atoms with Crippen LogP contribution in [0, 0.1) is 17.3 Å². The maximum Gasteiger partial charge on any atom is 0.000403 e. The minimum Gasteiger partial charge on any atom is -0.316 e. The Hall–Kier alpha value is -0.0800. The van der Waals surface area contributed by atoms with Crippen LogP contribution in [0.15, 0.2) is 0 Å². The average Bonchev–Trinajstić information content (AvgIpc) is 1.91. The van der Waals surface area contributed by atoms with Crippen LogP contribution < -0.4 is 10.6 Å². The molecule has 0 aromatic heterocycles. The number of hydrogen-bond donors (Lipinski definition) is 2. The molecule has 0 aromatic rings. The third-order valence-electron chi connectivity index (χ3n) is 2.86. The summed E-state index contributed by atoms with van der Waals surface area (Å²) < 4.78 is 0. The van der Waals surface area contributed by atoms with Crippen molar-refractivity contribution in [1.82, 2.24) is 10.6 Å². The zero-order chi connectivity index (χ0) is 10.6. The predicted octanol–water partition coefficient (Wildman–Crippen LogP) is 1.87. The molecule has 1 aliphatic rings. The molecule has 0 amide bonds. The molecule has 2 nitrogen and oxygen atoms in total. The second-order valence-corrected chi connectivity index (χ2v) is 5.92. The summed E-state index contributed by atoms with van der Waals surface area (Å²) in [7, 11) is 0. The van der Waals surface area contributed by atoms with Gasteiger partial charge in [0, 0.05) is 26.2 Å². The minimum absolute atomic E-state index is 0.450. The lowest BCUT2D eigenvalue weighted by molar-refractivity contribution is 0.253. The molecule has 0 radical (unpaired) electrons. The van der Waals surface area contributed by atoms with E-state index in [0.717, 1.165) is 18.4 Å². The number of hydrogen-bond acceptors (Lipinski definition) is 2. The first-order valence-corrected chi connectivity index (χ1v) is 5.91. The monoisotopic (exact) mass is 198 g/mol. The van der Waals surface area contributed by atoms with Gasteiger partial charge in [-0.15, -0.1) is 0 Å². The summed E-state index contributed by atoms with van der Waals surface area (Å²) in [5.74, 6) is 1.68. The van der Waals surface area contributed by atoms with E-state index < -0.39 is 0 Å². The fourth-order valence-electron chi connectivity index (χ4n) is 2.28. The quantitative estimate of drug-likeness (QED) is 0.681. The van der Waals surface area contributed by atoms with Gasteiger partial charge in [-0.05, 0) is 23.7 Å². The molecular weight excluding hydrogens is 172 g/mol. The van der Waals surface area contributed by atoms with Gasteiger partial charge in [-0.1, -0.05) is 27.7 Å². The van der Waals surface area contributed by atoms with E-state index in [1.165, 1.54) is 26.1 Å². The van der Waals surface area contributed by atoms with Crippen molar-refractivity contribution in [3.63, 3.8) is 0 Å². The first kappa shape index (κ1) is 12.0. The van der Waals surface area contributed by atoms with Gasteiger partial charge in [0.25, 0.3) is 0 Å². The highest BCUT2D eigenvalue weighted by Gasteiger charge is 2.21. The van der Waals surface area contributed by atoms with E-state index in [0.29, 0.717) is 5.41 Å². The maximum absolute atomic E-state index is 3.59. The third-order valence-corrected chi connectivity index (χ3v) is 2.86. The lowest BCUT2D eigenvalue weighted by atomic mass is 9.84. The molecule has 1 aliphatic heterocycles. The van der Waals surface area contributed by atoms with Crippen LogP contribution in [0.1, 0.15) is 34.1 Å². The minimum atomic E-state index is 0.450. The smallest absolute Gasteiger partial charge is 0.000403 e. The standard InChI is InChI=1S/C12H26N2/c1-10(2)5-12(3,4)9-14-8-11-6-13-7-11/h10-11,13-14H,5-9H2,1-4H3. The molecule has 0 spiro atoms. The predicted molar refractivity (Wildman–Crippen MR) is 62.5 cm³/mol. The molecule has 84 valence electrons. The fourth-order valence-corrected chi connectivity index (χ4v) is 2.28. The molecule has 0 aliphatic carbocycles. The van der Waals surface area contributed by atoms with Crippen LogP contribution in [0.2, 0.25) is 0 Å². The van der Waals surface area contributed by atoms with Crippen molar-refractivity contribution in [3.8, 4) is 0 Å². The topological polar surface area (TPSA) is 24.1 Å². The van der Waals surface area contributed by atoms with Crippen LogP contribution in [0.25, 0.3) is 0 Å². The molecule has 14 heavy (non-hydrogen) atoms. The van der Waals surface area contributed by atoms with Gasteiger partial charge >= 0.3 is 0 Å². The average molecular weight is 198 g/mol. The Bertz CT molecular complexity index is 160. The van der Waals surface area contributed by atoms with E-state index in [1.54, 1.807) is 0 Å². The van der Waals surface area contributed by atoms with Gasteiger partial charge in [0.1, 0.15) is 0 Å². The van der Waals surface area contributed by atoms with Crippen LogP contribution in [-0.2, 0) is 0 Å². The molecule has 1 saturated heterocycles. The molecule has 0 bridgehead atoms. The Morgan fingerprint density at radius 2 is 2.00 bits per heavy atom. The van der Waals surface area contributed by atoms with Crippen molar-refractivity contribution in [2.24, 2.45) is 17.3 Å². The molecule has 2 N–H and O–H groups in total. The molecule has 2 heteroatoms. The van der Waals surface area contributed by atoms with Gasteiger partial charge in [-0.3, -0.25) is 0 Å². The third kappa shape index (κ3) is 4.43. The largest absolute Gasteiger partial charge is 0.316 e. The number of nitrogens with one attached hydrogen (secondary N) is 2. The van der Waals surface area contributed by atoms with E-state index in [-0.39, 0.29) is 0 Å². The normalized spacial score (nSPS) is 18.6. The van der Waals surface area contributed by atoms with Gasteiger partial charge in [0.15, 0.2) is 0 Å². The molecular formula is C12H26N2. The van der Waals surface area contributed by atoms with Crippen molar-refractivity contribution >= 4 is 0 Å². The summed E-state index contributed by atoms with van der Waals surface area (Å²) in [6.45, 7) is 14.1. The maximum atomic E-state index is 3.59. The van der Waals surface area contributed by atoms with Crippen molar-refractivity contribution in [2.75, 3.05) is 26.2 Å². The van der Waals surface area contributed by atoms with Crippen molar-refractivity contribution in [3.05, 3.63) is 0 Å². The van der Waals surface area contributed by atoms with Crippen molar-refractivity contribution in [1.29, 1.82) is 0 Å². The van der Waals surface area contributed by atoms with E-state index >= 15 is 0 Å². The molecule has 1 rings (SSSR count). The summed E-state index contributed by atoms with van der Waals surface area (Å²) in [5, 5.41) is 6.89. The second-order valence-electron chi connectivity index (χ2n) is 5.92. The first-order chi connectivity index (χ1) is 6.49. The Morgan fingerprint density at radius 3 is 2.43 bits per heavy atom. The van der Waals surface area contributed by atoms with Crippen LogP contribution in [0.3, 0.4) is 0 Å². The SMILES string of the molecule is CC(C)CC(C)(C)CNCC1CNC1. The summed E-state index contributed by atoms with van der Waals surface area (Å²) in [5.41, 5.74) is 0.450. The highest BCUT2D eigenvalue weighted by molar-refractivity contribution is 4.79. The first-order valence-electron chi connectivity index (χ1n) is 5.91. The Labute approximate surface area is 88.8 Å². The Morgan fingerprint density at radius 1 is 1.36 bits per heavy atom. The van der Waals surface area contributed by atoms with E-state index in [9.17, 15) is 0 Å². The van der Waals surface area contributed by atoms with Gasteiger partial charge in [-0.2, -0.15) is 0 Å². The summed E-state index contributed by atoms with van der Waals surface area (Å²) >= 11 is 0. The highest BCUT2D eigenvalue weighted by Crippen LogP contribution is 2.24. The van der Waals surface area contributed by atoms with Crippen LogP contribution in [0.5, 0.6) is 0 Å². The fraction of sp³-hybridized carbons (Fsp3) is 1.00. The van der Waals surface area contributed by atoms with E-state index in [1.807, 2.05) is 0 Å². The van der Waals surface area contributed by atoms with Gasteiger partial charge in [0.05, 0.1) is 0 Å². The zero-order valence-electron chi connectivity index (χ0n) is 10.2. The number of rotatable bonds is 6. The second kappa shape index (κ2) is 5.13. The summed E-state index contributed by atoms with van der Waals surface area (Å²) in [6.07, 6.45) is 1.31. The van der Waals surface area contributed by atoms with E-state index in [4.69, 9.17) is 0 Å². The highest BCUT2D eigenvalue weighted by atomic mass is 15.0. The van der Waals surface area contributed by atoms with Crippen LogP contribution in [0.4, 0.5) is 0 Å². The summed E-state index contributed by atoms with van der Waals surface area (Å²) in [6, 6.07) is 0. The van der Waals surface area contributed by atoms with Gasteiger partial charge in [-0.25, -0.2) is 0 Å². The van der Waals surface area contributed by atoms with Gasteiger partial charge in [0.2, 0.25) is 0 Å². The summed E-state index contributed by atoms with van der Waals surface area (Å²) in [4.78, 5) is 0. The van der Waals surface area contributed by atoms with Crippen molar-refractivity contribution < 1.29 is 0 Å². The Kier molecular flexibility index (Phi) is 4.39. The molecule has 1 fully saturated rings. The molecule has 0 atom stereocenters. The molecule has 1 heterocycles. The molecule has 0 unspecified atom stereocenters. The molecule has 0 aromatic carbocycles. The zero-order valence-corrected chi connectivity index (χ0v) is 10.2. The van der Waals surface area contributed by atoms with Crippen LogP contribution >= 0.6 is 0 Å². The Balaban J connectivity index is 2.08. The van der Waals surface area contributed by atoms with Crippen molar-refractivity contribution in [2.45, 2.75) is 34.1 Å².